The molecule has 0 bridgehead atoms. The number of nitro groups is 1. The van der Waals surface area contributed by atoms with Crippen LogP contribution < -0.4 is 10.5 Å². The van der Waals surface area contributed by atoms with Crippen LogP contribution in [0.1, 0.15) is 25.1 Å². The van der Waals surface area contributed by atoms with Crippen LogP contribution in [0, 0.1) is 40.2 Å². The maximum atomic E-state index is 12.4. The average Bonchev–Trinajstić information content (AvgIpc) is 3.23. The van der Waals surface area contributed by atoms with Gasteiger partial charge in [-0.15, -0.1) is 6.42 Å². The van der Waals surface area contributed by atoms with Gasteiger partial charge < -0.3 is 19.9 Å². The number of nitrogens with two attached hydrogens (primary N) is 1. The summed E-state index contributed by atoms with van der Waals surface area (Å²) in [6.07, 6.45) is 8.67. The zero-order valence-corrected chi connectivity index (χ0v) is 18.2. The lowest BCUT2D eigenvalue weighted by molar-refractivity contribution is -0.384. The van der Waals surface area contributed by atoms with E-state index in [1.165, 1.54) is 24.3 Å². The van der Waals surface area contributed by atoms with Gasteiger partial charge in [-0.05, 0) is 36.8 Å². The summed E-state index contributed by atoms with van der Waals surface area (Å²) in [5, 5.41) is 10.7. The van der Waals surface area contributed by atoms with Crippen LogP contribution in [0.5, 0.6) is 5.75 Å². The van der Waals surface area contributed by atoms with E-state index in [1.54, 1.807) is 15.8 Å². The van der Waals surface area contributed by atoms with Crippen LogP contribution in [0.25, 0.3) is 11.2 Å². The number of carbonyl (C=O) groups excluding carboxylic acids is 1. The molecule has 0 unspecified atom stereocenters. The van der Waals surface area contributed by atoms with E-state index < -0.39 is 11.0 Å². The minimum Gasteiger partial charge on any atom is -0.410 e. The number of carbonyl (C=O) groups is 1. The molecular formula is C23H21N7O4. The molecule has 172 valence electrons. The maximum absolute atomic E-state index is 12.4. The Bertz CT molecular complexity index is 1320. The van der Waals surface area contributed by atoms with Crippen molar-refractivity contribution in [3.8, 4) is 29.9 Å². The van der Waals surface area contributed by atoms with Gasteiger partial charge in [0.25, 0.3) is 5.69 Å². The highest BCUT2D eigenvalue weighted by molar-refractivity contribution is 5.82. The summed E-state index contributed by atoms with van der Waals surface area (Å²) in [6, 6.07) is 5.41. The first-order valence-electron chi connectivity index (χ1n) is 10.6. The average molecular weight is 459 g/mol. The van der Waals surface area contributed by atoms with Gasteiger partial charge in [0, 0.05) is 31.6 Å². The van der Waals surface area contributed by atoms with Gasteiger partial charge >= 0.3 is 6.09 Å². The SMILES string of the molecule is C#CCn1cnc2c(N)nc(C#CCC3CCN(C(=O)Oc4ccc([N+](=O)[O-])cc4)CC3)nc21. The van der Waals surface area contributed by atoms with Crippen molar-refractivity contribution in [2.75, 3.05) is 18.8 Å². The molecule has 0 atom stereocenters. The van der Waals surface area contributed by atoms with Crippen LogP contribution >= 0.6 is 0 Å². The highest BCUT2D eigenvalue weighted by atomic mass is 16.6. The lowest BCUT2D eigenvalue weighted by atomic mass is 9.94. The predicted molar refractivity (Wildman–Crippen MR) is 123 cm³/mol. The van der Waals surface area contributed by atoms with E-state index in [9.17, 15) is 14.9 Å². The molecule has 11 nitrogen and oxygen atoms in total. The van der Waals surface area contributed by atoms with Gasteiger partial charge in [0.2, 0.25) is 5.82 Å². The second-order valence-electron chi connectivity index (χ2n) is 7.74. The number of terminal acetylenes is 1. The summed E-state index contributed by atoms with van der Waals surface area (Å²) in [7, 11) is 0. The zero-order chi connectivity index (χ0) is 24.1. The zero-order valence-electron chi connectivity index (χ0n) is 18.2. The van der Waals surface area contributed by atoms with Crippen LogP contribution in [0.2, 0.25) is 0 Å². The maximum Gasteiger partial charge on any atom is 0.415 e. The van der Waals surface area contributed by atoms with Crippen molar-refractivity contribution in [1.29, 1.82) is 0 Å². The largest absolute Gasteiger partial charge is 0.415 e. The summed E-state index contributed by atoms with van der Waals surface area (Å²) in [5.74, 6) is 9.78. The molecule has 1 aromatic carbocycles. The first kappa shape index (κ1) is 22.6. The van der Waals surface area contributed by atoms with E-state index in [4.69, 9.17) is 16.9 Å². The number of hydrogen-bond donors (Lipinski definition) is 1. The van der Waals surface area contributed by atoms with Crippen LogP contribution in [0.3, 0.4) is 0 Å². The number of benzene rings is 1. The number of imidazole rings is 1. The van der Waals surface area contributed by atoms with Crippen LogP contribution in [0.15, 0.2) is 30.6 Å². The highest BCUT2D eigenvalue weighted by Gasteiger charge is 2.24. The number of non-ortho nitro benzene ring substituents is 1. The Morgan fingerprint density at radius 1 is 1.26 bits per heavy atom. The number of nitrogen functional groups attached to an aromatic ring is 1. The van der Waals surface area contributed by atoms with Crippen molar-refractivity contribution in [2.45, 2.75) is 25.8 Å². The lowest BCUT2D eigenvalue weighted by Gasteiger charge is -2.30. The molecule has 3 aromatic rings. The highest BCUT2D eigenvalue weighted by Crippen LogP contribution is 2.23. The molecule has 2 aromatic heterocycles. The molecule has 1 amide bonds. The Morgan fingerprint density at radius 2 is 2.00 bits per heavy atom. The number of ether oxygens (including phenoxy) is 1. The van der Waals surface area contributed by atoms with Gasteiger partial charge in [-0.25, -0.2) is 19.7 Å². The monoisotopic (exact) mass is 459 g/mol. The van der Waals surface area contributed by atoms with Crippen molar-refractivity contribution in [1.82, 2.24) is 24.4 Å². The quantitative estimate of drug-likeness (QED) is 0.356. The fraction of sp³-hybridized carbons (Fsp3) is 0.304. The first-order valence-corrected chi connectivity index (χ1v) is 10.6. The number of piperidine rings is 1. The van der Waals surface area contributed by atoms with Gasteiger partial charge in [-0.1, -0.05) is 11.8 Å². The van der Waals surface area contributed by atoms with Crippen molar-refractivity contribution in [2.24, 2.45) is 5.92 Å². The van der Waals surface area contributed by atoms with Gasteiger partial charge in [-0.3, -0.25) is 10.1 Å². The van der Waals surface area contributed by atoms with E-state index in [0.29, 0.717) is 49.0 Å². The predicted octanol–water partition coefficient (Wildman–Crippen LogP) is 2.60. The number of rotatable bonds is 4. The lowest BCUT2D eigenvalue weighted by Crippen LogP contribution is -2.40. The number of likely N-dealkylation sites (tertiary alicyclic amines) is 1. The fourth-order valence-corrected chi connectivity index (χ4v) is 3.63. The van der Waals surface area contributed by atoms with Crippen molar-refractivity contribution < 1.29 is 14.5 Å². The smallest absolute Gasteiger partial charge is 0.410 e. The van der Waals surface area contributed by atoms with Crippen molar-refractivity contribution in [3.63, 3.8) is 0 Å². The van der Waals surface area contributed by atoms with E-state index in [-0.39, 0.29) is 17.3 Å². The number of fused-ring (bicyclic) bond motifs is 1. The first-order chi connectivity index (χ1) is 16.4. The number of hydrogen-bond acceptors (Lipinski definition) is 8. The normalized spacial score (nSPS) is 13.7. The molecule has 1 fully saturated rings. The van der Waals surface area contributed by atoms with Crippen molar-refractivity contribution >= 4 is 28.8 Å². The molecule has 11 heteroatoms. The van der Waals surface area contributed by atoms with Gasteiger partial charge in [0.1, 0.15) is 11.3 Å². The number of amides is 1. The molecule has 1 aliphatic rings. The van der Waals surface area contributed by atoms with Crippen LogP contribution in [-0.2, 0) is 6.54 Å². The molecule has 1 saturated heterocycles. The van der Waals surface area contributed by atoms with Gasteiger partial charge in [0.15, 0.2) is 11.5 Å². The molecule has 0 saturated carbocycles. The van der Waals surface area contributed by atoms with Crippen LogP contribution in [0.4, 0.5) is 16.3 Å². The molecule has 2 N–H and O–H groups in total. The summed E-state index contributed by atoms with van der Waals surface area (Å²) >= 11 is 0. The van der Waals surface area contributed by atoms with Gasteiger partial charge in [-0.2, -0.15) is 0 Å². The molecule has 0 spiro atoms. The van der Waals surface area contributed by atoms with Gasteiger partial charge in [0.05, 0.1) is 17.8 Å². The molecule has 1 aliphatic heterocycles. The molecule has 4 rings (SSSR count). The Balaban J connectivity index is 1.30. The topological polar surface area (TPSA) is 142 Å². The minimum atomic E-state index is -0.507. The standard InChI is InChI=1S/C23H21N7O4/c1-2-12-29-15-25-20-21(24)26-19(27-22(20)29)5-3-4-16-10-13-28(14-11-16)23(31)34-18-8-6-17(7-9-18)30(32)33/h1,6-9,15-16H,4,10-14H2,(H2,24,26,27). The summed E-state index contributed by atoms with van der Waals surface area (Å²) in [4.78, 5) is 37.0. The van der Waals surface area contributed by atoms with Crippen LogP contribution in [-0.4, -0.2) is 48.5 Å². The summed E-state index contributed by atoms with van der Waals surface area (Å²) in [5.41, 5.74) is 6.96. The third-order valence-corrected chi connectivity index (χ3v) is 5.47. The number of nitrogens with zero attached hydrogens (tertiary/aromatic N) is 6. The third kappa shape index (κ3) is 5.05. The fourth-order valence-electron chi connectivity index (χ4n) is 3.63. The Kier molecular flexibility index (Phi) is 6.55. The minimum absolute atomic E-state index is 0.0621. The molecular weight excluding hydrogens is 438 g/mol. The molecule has 34 heavy (non-hydrogen) atoms. The Labute approximate surface area is 195 Å². The second kappa shape index (κ2) is 9.88. The second-order valence-corrected chi connectivity index (χ2v) is 7.74. The van der Waals surface area contributed by atoms with Crippen molar-refractivity contribution in [3.05, 3.63) is 46.5 Å². The number of anilines is 1. The summed E-state index contributed by atoms with van der Waals surface area (Å²) in [6.45, 7) is 1.41. The number of nitro benzene ring substituents is 1. The van der Waals surface area contributed by atoms with E-state index in [2.05, 4.69) is 32.7 Å². The van der Waals surface area contributed by atoms with E-state index >= 15 is 0 Å². The molecule has 0 radical (unpaired) electrons. The third-order valence-electron chi connectivity index (χ3n) is 5.47. The Hall–Kier alpha value is -4.64. The Morgan fingerprint density at radius 3 is 2.68 bits per heavy atom. The molecule has 3 heterocycles. The summed E-state index contributed by atoms with van der Waals surface area (Å²) < 4.78 is 7.03. The van der Waals surface area contributed by atoms with E-state index in [0.717, 1.165) is 12.8 Å². The molecule has 0 aliphatic carbocycles. The van der Waals surface area contributed by atoms with E-state index in [1.807, 2.05) is 0 Å². The number of aromatic nitrogens is 4.